The van der Waals surface area contributed by atoms with Crippen molar-refractivity contribution in [3.8, 4) is 0 Å². The van der Waals surface area contributed by atoms with Crippen molar-refractivity contribution in [2.75, 3.05) is 5.32 Å². The number of esters is 1. The zero-order valence-electron chi connectivity index (χ0n) is 16.8. The second kappa shape index (κ2) is 7.42. The fourth-order valence-electron chi connectivity index (χ4n) is 6.14. The molecule has 0 saturated heterocycles. The van der Waals surface area contributed by atoms with E-state index in [0.29, 0.717) is 23.9 Å². The number of benzene rings is 1. The van der Waals surface area contributed by atoms with E-state index in [4.69, 9.17) is 4.74 Å². The number of carbonyl (C=O) groups is 3. The molecule has 4 bridgehead atoms. The summed E-state index contributed by atoms with van der Waals surface area (Å²) < 4.78 is 6.59. The Balaban J connectivity index is 1.44. The molecule has 0 heterocycles. The summed E-state index contributed by atoms with van der Waals surface area (Å²) in [7, 11) is 0. The maximum atomic E-state index is 13.2. The molecule has 1 aromatic rings. The number of hydrogen-bond acceptors (Lipinski definition) is 4. The molecule has 0 unspecified atom stereocenters. The van der Waals surface area contributed by atoms with Crippen LogP contribution in [0.3, 0.4) is 0 Å². The zero-order valence-corrected chi connectivity index (χ0v) is 18.4. The normalized spacial score (nSPS) is 33.1. The third-order valence-electron chi connectivity index (χ3n) is 6.70. The number of anilines is 1. The minimum Gasteiger partial charge on any atom is -0.452 e. The molecule has 0 aliphatic heterocycles. The second-order valence-corrected chi connectivity index (χ2v) is 10.2. The molecule has 4 saturated carbocycles. The van der Waals surface area contributed by atoms with Crippen LogP contribution in [0.25, 0.3) is 0 Å². The fraction of sp³-hybridized carbons (Fsp3) is 0.591. The highest BCUT2D eigenvalue weighted by Crippen LogP contribution is 2.62. The van der Waals surface area contributed by atoms with Crippen LogP contribution >= 0.6 is 15.9 Å². The van der Waals surface area contributed by atoms with Gasteiger partial charge in [0, 0.05) is 22.6 Å². The topological polar surface area (TPSA) is 84.5 Å². The lowest BCUT2D eigenvalue weighted by Gasteiger charge is -2.60. The summed E-state index contributed by atoms with van der Waals surface area (Å²) in [5.41, 5.74) is -0.225. The average molecular weight is 463 g/mol. The Bertz CT molecular complexity index is 824. The van der Waals surface area contributed by atoms with Crippen molar-refractivity contribution in [2.45, 2.75) is 64.0 Å². The van der Waals surface area contributed by atoms with E-state index in [1.807, 2.05) is 12.1 Å². The quantitative estimate of drug-likeness (QED) is 0.651. The number of nitrogens with one attached hydrogen (secondary N) is 2. The SMILES string of the molecule is CC(=O)NC12C[C@H]3C[C@H](C1)CC(C(=O)O[C@H](C)C(=O)Nc1ccc(Br)cc1)(C3)C2. The van der Waals surface area contributed by atoms with Gasteiger partial charge in [-0.2, -0.15) is 0 Å². The molecule has 29 heavy (non-hydrogen) atoms. The summed E-state index contributed by atoms with van der Waals surface area (Å²) in [6.07, 6.45) is 4.34. The van der Waals surface area contributed by atoms with Gasteiger partial charge in [-0.15, -0.1) is 0 Å². The monoisotopic (exact) mass is 462 g/mol. The highest BCUT2D eigenvalue weighted by atomic mass is 79.9. The van der Waals surface area contributed by atoms with Crippen LogP contribution in [0.2, 0.25) is 0 Å². The van der Waals surface area contributed by atoms with Gasteiger partial charge in [0.25, 0.3) is 5.91 Å². The van der Waals surface area contributed by atoms with Crippen LogP contribution in [0, 0.1) is 17.3 Å². The number of halogens is 1. The van der Waals surface area contributed by atoms with E-state index in [9.17, 15) is 14.4 Å². The molecule has 7 heteroatoms. The lowest BCUT2D eigenvalue weighted by atomic mass is 9.47. The smallest absolute Gasteiger partial charge is 0.312 e. The maximum Gasteiger partial charge on any atom is 0.312 e. The number of carbonyl (C=O) groups excluding carboxylic acids is 3. The van der Waals surface area contributed by atoms with Gasteiger partial charge in [-0.05, 0) is 81.5 Å². The Morgan fingerprint density at radius 1 is 1.10 bits per heavy atom. The number of amides is 2. The summed E-state index contributed by atoms with van der Waals surface area (Å²) in [6.45, 7) is 3.15. The Morgan fingerprint density at radius 3 is 2.31 bits per heavy atom. The lowest BCUT2D eigenvalue weighted by Crippen LogP contribution is -2.65. The van der Waals surface area contributed by atoms with E-state index in [2.05, 4.69) is 26.6 Å². The third kappa shape index (κ3) is 4.06. The van der Waals surface area contributed by atoms with Gasteiger partial charge >= 0.3 is 5.97 Å². The molecule has 156 valence electrons. The van der Waals surface area contributed by atoms with Crippen LogP contribution in [0.15, 0.2) is 28.7 Å². The summed E-state index contributed by atoms with van der Waals surface area (Å²) in [5, 5.41) is 5.94. The Morgan fingerprint density at radius 2 is 1.72 bits per heavy atom. The first kappa shape index (κ1) is 20.4. The number of ether oxygens (including phenoxy) is 1. The van der Waals surface area contributed by atoms with Gasteiger partial charge < -0.3 is 15.4 Å². The standard InChI is InChI=1S/C22H27BrN2O4/c1-13(19(27)24-18-5-3-17(23)4-6-18)29-20(28)21-8-15-7-16(9-21)11-22(10-15,12-21)25-14(2)26/h3-6,13,15-16H,7-12H2,1-2H3,(H,24,27)(H,25,26)/t13-,15+,16+,21?,22?/m1/s1. The van der Waals surface area contributed by atoms with Crippen LogP contribution in [0.5, 0.6) is 0 Å². The van der Waals surface area contributed by atoms with E-state index in [-0.39, 0.29) is 23.3 Å². The highest BCUT2D eigenvalue weighted by molar-refractivity contribution is 9.10. The lowest BCUT2D eigenvalue weighted by molar-refractivity contribution is -0.181. The molecule has 1 aromatic carbocycles. The predicted molar refractivity (Wildman–Crippen MR) is 112 cm³/mol. The Labute approximate surface area is 179 Å². The van der Waals surface area contributed by atoms with Gasteiger partial charge in [0.15, 0.2) is 6.10 Å². The van der Waals surface area contributed by atoms with Crippen molar-refractivity contribution in [2.24, 2.45) is 17.3 Å². The van der Waals surface area contributed by atoms with Crippen molar-refractivity contribution in [1.82, 2.24) is 5.32 Å². The molecule has 3 atom stereocenters. The van der Waals surface area contributed by atoms with Gasteiger partial charge in [-0.1, -0.05) is 15.9 Å². The Kier molecular flexibility index (Phi) is 5.21. The molecule has 0 radical (unpaired) electrons. The van der Waals surface area contributed by atoms with Crippen molar-refractivity contribution in [3.63, 3.8) is 0 Å². The fourth-order valence-corrected chi connectivity index (χ4v) is 6.40. The van der Waals surface area contributed by atoms with Gasteiger partial charge in [0.05, 0.1) is 5.41 Å². The van der Waals surface area contributed by atoms with Crippen LogP contribution in [-0.4, -0.2) is 29.4 Å². The van der Waals surface area contributed by atoms with Crippen LogP contribution < -0.4 is 10.6 Å². The van der Waals surface area contributed by atoms with Gasteiger partial charge in [-0.3, -0.25) is 14.4 Å². The average Bonchev–Trinajstić information content (AvgIpc) is 2.61. The largest absolute Gasteiger partial charge is 0.452 e. The van der Waals surface area contributed by atoms with Gasteiger partial charge in [0.1, 0.15) is 0 Å². The van der Waals surface area contributed by atoms with E-state index >= 15 is 0 Å². The molecule has 4 fully saturated rings. The minimum absolute atomic E-state index is 0.0438. The molecule has 0 spiro atoms. The molecule has 0 aromatic heterocycles. The first-order valence-electron chi connectivity index (χ1n) is 10.2. The molecule has 2 N–H and O–H groups in total. The zero-order chi connectivity index (χ0) is 20.8. The molecule has 4 aliphatic carbocycles. The summed E-state index contributed by atoms with van der Waals surface area (Å²) in [4.78, 5) is 37.5. The number of rotatable bonds is 5. The summed E-state index contributed by atoms with van der Waals surface area (Å²) in [6, 6.07) is 7.24. The molecule has 5 rings (SSSR count). The van der Waals surface area contributed by atoms with Crippen LogP contribution in [-0.2, 0) is 19.1 Å². The molecule has 2 amide bonds. The van der Waals surface area contributed by atoms with Crippen molar-refractivity contribution >= 4 is 39.4 Å². The summed E-state index contributed by atoms with van der Waals surface area (Å²) in [5.74, 6) is 0.185. The molecular weight excluding hydrogens is 436 g/mol. The Hall–Kier alpha value is -1.89. The van der Waals surface area contributed by atoms with Crippen LogP contribution in [0.1, 0.15) is 52.4 Å². The molecule has 4 aliphatic rings. The van der Waals surface area contributed by atoms with E-state index in [1.165, 1.54) is 6.92 Å². The van der Waals surface area contributed by atoms with E-state index in [0.717, 1.165) is 36.6 Å². The minimum atomic E-state index is -0.879. The van der Waals surface area contributed by atoms with Gasteiger partial charge in [-0.25, -0.2) is 0 Å². The van der Waals surface area contributed by atoms with Crippen LogP contribution in [0.4, 0.5) is 5.69 Å². The van der Waals surface area contributed by atoms with Crippen molar-refractivity contribution in [3.05, 3.63) is 28.7 Å². The number of hydrogen-bond donors (Lipinski definition) is 2. The maximum absolute atomic E-state index is 13.2. The van der Waals surface area contributed by atoms with E-state index < -0.39 is 11.5 Å². The molecule has 6 nitrogen and oxygen atoms in total. The van der Waals surface area contributed by atoms with E-state index in [1.54, 1.807) is 19.1 Å². The van der Waals surface area contributed by atoms with Crippen molar-refractivity contribution < 1.29 is 19.1 Å². The second-order valence-electron chi connectivity index (χ2n) is 9.25. The van der Waals surface area contributed by atoms with Crippen molar-refractivity contribution in [1.29, 1.82) is 0 Å². The molecular formula is C22H27BrN2O4. The first-order valence-corrected chi connectivity index (χ1v) is 11.0. The first-order chi connectivity index (χ1) is 13.7. The predicted octanol–water partition coefficient (Wildman–Crippen LogP) is 3.79. The summed E-state index contributed by atoms with van der Waals surface area (Å²) >= 11 is 3.36. The van der Waals surface area contributed by atoms with Gasteiger partial charge in [0.2, 0.25) is 5.91 Å². The third-order valence-corrected chi connectivity index (χ3v) is 7.23. The highest BCUT2D eigenvalue weighted by Gasteiger charge is 2.61.